The molecule has 1 aromatic heterocycles. The highest BCUT2D eigenvalue weighted by atomic mass is 19.1. The van der Waals surface area contributed by atoms with Gasteiger partial charge in [0.25, 0.3) is 0 Å². The minimum absolute atomic E-state index is 0.102. The predicted molar refractivity (Wildman–Crippen MR) is 123 cm³/mol. The number of hydrogen-bond acceptors (Lipinski definition) is 5. The van der Waals surface area contributed by atoms with Crippen LogP contribution < -0.4 is 20.3 Å². The third kappa shape index (κ3) is 3.88. The van der Waals surface area contributed by atoms with Crippen LogP contribution in [0.15, 0.2) is 42.5 Å². The number of hydrogen-bond donors (Lipinski definition) is 2. The Balaban J connectivity index is 1.49. The fraction of sp³-hybridized carbons (Fsp3) is 0.320. The highest BCUT2D eigenvalue weighted by Crippen LogP contribution is 2.39. The zero-order valence-corrected chi connectivity index (χ0v) is 18.2. The van der Waals surface area contributed by atoms with Gasteiger partial charge in [0.05, 0.1) is 12.2 Å². The lowest BCUT2D eigenvalue weighted by atomic mass is 10.0. The lowest BCUT2D eigenvalue weighted by Gasteiger charge is -2.34. The lowest BCUT2D eigenvalue weighted by molar-refractivity contribution is 0.287. The molecule has 3 aromatic rings. The van der Waals surface area contributed by atoms with Gasteiger partial charge in [-0.2, -0.15) is 0 Å². The van der Waals surface area contributed by atoms with Gasteiger partial charge in [-0.3, -0.25) is 0 Å². The Morgan fingerprint density at radius 2 is 1.94 bits per heavy atom. The van der Waals surface area contributed by atoms with Crippen LogP contribution in [0.3, 0.4) is 0 Å². The summed E-state index contributed by atoms with van der Waals surface area (Å²) < 4.78 is 35.2. The molecule has 0 bridgehead atoms. The van der Waals surface area contributed by atoms with Crippen molar-refractivity contribution >= 4 is 17.2 Å². The van der Waals surface area contributed by atoms with Gasteiger partial charge >= 0.3 is 0 Å². The first-order valence-corrected chi connectivity index (χ1v) is 11.0. The van der Waals surface area contributed by atoms with Crippen molar-refractivity contribution in [2.75, 3.05) is 29.9 Å². The summed E-state index contributed by atoms with van der Waals surface area (Å²) in [6.45, 7) is 6.96. The van der Waals surface area contributed by atoms with E-state index < -0.39 is 11.6 Å². The number of benzene rings is 2. The summed E-state index contributed by atoms with van der Waals surface area (Å²) in [7, 11) is 0. The van der Waals surface area contributed by atoms with E-state index in [4.69, 9.17) is 4.74 Å². The first kappa shape index (κ1) is 20.7. The highest BCUT2D eigenvalue weighted by Gasteiger charge is 2.25. The Kier molecular flexibility index (Phi) is 5.43. The fourth-order valence-corrected chi connectivity index (χ4v) is 4.40. The van der Waals surface area contributed by atoms with E-state index in [1.54, 1.807) is 12.1 Å². The van der Waals surface area contributed by atoms with Gasteiger partial charge in [0, 0.05) is 23.8 Å². The SMILES string of the molecule is CC(C)N1CCOc2c(F)cc(-c3nc(Nc4ccc5c(c4)CNCC5)ccc3F)cc21. The molecule has 0 spiro atoms. The molecule has 5 nitrogen and oxygen atoms in total. The minimum atomic E-state index is -0.510. The molecule has 3 heterocycles. The molecule has 0 fully saturated rings. The van der Waals surface area contributed by atoms with E-state index in [2.05, 4.69) is 32.7 Å². The number of pyridine rings is 1. The van der Waals surface area contributed by atoms with E-state index in [-0.39, 0.29) is 17.5 Å². The molecule has 0 atom stereocenters. The number of fused-ring (bicyclic) bond motifs is 2. The average molecular weight is 437 g/mol. The Labute approximate surface area is 186 Å². The average Bonchev–Trinajstić information content (AvgIpc) is 2.79. The molecule has 0 amide bonds. The van der Waals surface area contributed by atoms with Crippen molar-refractivity contribution in [2.45, 2.75) is 32.9 Å². The monoisotopic (exact) mass is 436 g/mol. The van der Waals surface area contributed by atoms with Crippen molar-refractivity contribution < 1.29 is 13.5 Å². The van der Waals surface area contributed by atoms with Crippen LogP contribution in [0.4, 0.5) is 26.0 Å². The van der Waals surface area contributed by atoms with Gasteiger partial charge < -0.3 is 20.3 Å². The molecule has 0 saturated heterocycles. The van der Waals surface area contributed by atoms with Crippen LogP contribution >= 0.6 is 0 Å². The largest absolute Gasteiger partial charge is 0.486 e. The summed E-state index contributed by atoms with van der Waals surface area (Å²) in [6.07, 6.45) is 1.01. The first-order valence-electron chi connectivity index (χ1n) is 11.0. The molecule has 2 aliphatic heterocycles. The maximum atomic E-state index is 14.9. The van der Waals surface area contributed by atoms with Crippen molar-refractivity contribution in [1.82, 2.24) is 10.3 Å². The van der Waals surface area contributed by atoms with E-state index >= 15 is 0 Å². The lowest BCUT2D eigenvalue weighted by Crippen LogP contribution is -2.38. The summed E-state index contributed by atoms with van der Waals surface area (Å²) in [6, 6.07) is 12.4. The molecule has 7 heteroatoms. The normalized spacial score (nSPS) is 15.2. The van der Waals surface area contributed by atoms with E-state index in [1.807, 2.05) is 19.9 Å². The second-order valence-electron chi connectivity index (χ2n) is 8.50. The first-order chi connectivity index (χ1) is 15.5. The number of ether oxygens (including phenoxy) is 1. The van der Waals surface area contributed by atoms with E-state index in [1.165, 1.54) is 23.3 Å². The Bertz CT molecular complexity index is 1160. The van der Waals surface area contributed by atoms with Crippen molar-refractivity contribution in [2.24, 2.45) is 0 Å². The van der Waals surface area contributed by atoms with Crippen molar-refractivity contribution in [3.05, 3.63) is 65.2 Å². The predicted octanol–water partition coefficient (Wildman–Crippen LogP) is 5.02. The third-order valence-corrected chi connectivity index (χ3v) is 6.02. The van der Waals surface area contributed by atoms with Crippen molar-refractivity contribution in [1.29, 1.82) is 0 Å². The highest BCUT2D eigenvalue weighted by molar-refractivity contribution is 5.73. The topological polar surface area (TPSA) is 49.4 Å². The van der Waals surface area contributed by atoms with Crippen LogP contribution in [-0.2, 0) is 13.0 Å². The maximum Gasteiger partial charge on any atom is 0.178 e. The van der Waals surface area contributed by atoms with Crippen molar-refractivity contribution in [3.8, 4) is 17.0 Å². The molecular formula is C25H26F2N4O. The maximum absolute atomic E-state index is 14.9. The molecule has 2 aliphatic rings. The molecule has 0 saturated carbocycles. The molecule has 32 heavy (non-hydrogen) atoms. The van der Waals surface area contributed by atoms with Crippen LogP contribution in [-0.4, -0.2) is 30.7 Å². The molecular weight excluding hydrogens is 410 g/mol. The summed E-state index contributed by atoms with van der Waals surface area (Å²) in [5, 5.41) is 6.63. The number of nitrogens with one attached hydrogen (secondary N) is 2. The molecule has 0 radical (unpaired) electrons. The van der Waals surface area contributed by atoms with Crippen LogP contribution in [0.25, 0.3) is 11.3 Å². The third-order valence-electron chi connectivity index (χ3n) is 6.02. The zero-order chi connectivity index (χ0) is 22.2. The van der Waals surface area contributed by atoms with E-state index in [0.717, 1.165) is 25.2 Å². The van der Waals surface area contributed by atoms with Gasteiger partial charge in [-0.25, -0.2) is 13.8 Å². The van der Waals surface area contributed by atoms with Gasteiger partial charge in [-0.1, -0.05) is 6.07 Å². The molecule has 5 rings (SSSR count). The smallest absolute Gasteiger partial charge is 0.178 e. The quantitative estimate of drug-likeness (QED) is 0.601. The molecule has 2 aromatic carbocycles. The number of anilines is 3. The van der Waals surface area contributed by atoms with Crippen LogP contribution in [0.1, 0.15) is 25.0 Å². The molecule has 0 aliphatic carbocycles. The van der Waals surface area contributed by atoms with E-state index in [0.29, 0.717) is 30.2 Å². The summed E-state index contributed by atoms with van der Waals surface area (Å²) in [5.41, 5.74) is 4.58. The number of nitrogens with zero attached hydrogens (tertiary/aromatic N) is 2. The summed E-state index contributed by atoms with van der Waals surface area (Å²) in [4.78, 5) is 6.54. The van der Waals surface area contributed by atoms with Gasteiger partial charge in [0.15, 0.2) is 11.6 Å². The van der Waals surface area contributed by atoms with Crippen LogP contribution in [0.5, 0.6) is 5.75 Å². The summed E-state index contributed by atoms with van der Waals surface area (Å²) in [5.74, 6) is -0.298. The zero-order valence-electron chi connectivity index (χ0n) is 18.2. The van der Waals surface area contributed by atoms with E-state index in [9.17, 15) is 8.78 Å². The molecule has 2 N–H and O–H groups in total. The van der Waals surface area contributed by atoms with Crippen LogP contribution in [0.2, 0.25) is 0 Å². The standard InChI is InChI=1S/C25H26F2N4O/c1-15(2)31-9-10-32-25-21(27)12-17(13-22(25)31)24-20(26)5-6-23(30-24)29-19-4-3-16-7-8-28-14-18(16)11-19/h3-6,11-13,15,28H,7-10,14H2,1-2H3,(H,29,30). The second-order valence-corrected chi connectivity index (χ2v) is 8.50. The molecule has 0 unspecified atom stereocenters. The second kappa shape index (κ2) is 8.39. The Morgan fingerprint density at radius 3 is 2.78 bits per heavy atom. The number of halogens is 2. The Morgan fingerprint density at radius 1 is 1.06 bits per heavy atom. The molecule has 166 valence electrons. The minimum Gasteiger partial charge on any atom is -0.486 e. The van der Waals surface area contributed by atoms with Gasteiger partial charge in [0.1, 0.15) is 23.9 Å². The van der Waals surface area contributed by atoms with Gasteiger partial charge in [-0.05, 0) is 74.3 Å². The summed E-state index contributed by atoms with van der Waals surface area (Å²) >= 11 is 0. The fourth-order valence-electron chi connectivity index (χ4n) is 4.40. The van der Waals surface area contributed by atoms with Crippen LogP contribution in [0, 0.1) is 11.6 Å². The number of rotatable bonds is 4. The number of aromatic nitrogens is 1. The van der Waals surface area contributed by atoms with Gasteiger partial charge in [-0.15, -0.1) is 0 Å². The van der Waals surface area contributed by atoms with Crippen molar-refractivity contribution in [3.63, 3.8) is 0 Å². The Hall–Kier alpha value is -3.19. The van der Waals surface area contributed by atoms with Gasteiger partial charge in [0.2, 0.25) is 0 Å².